The van der Waals surface area contributed by atoms with E-state index in [1.807, 2.05) is 60.9 Å². The second-order valence-corrected chi connectivity index (χ2v) is 8.51. The number of halogens is 1. The van der Waals surface area contributed by atoms with Gasteiger partial charge in [0.05, 0.1) is 5.03 Å². The Morgan fingerprint density at radius 2 is 0.892 bits per heavy atom. The van der Waals surface area contributed by atoms with Crippen LogP contribution in [0.4, 0.5) is 0 Å². The molecule has 3 heterocycles. The fraction of sp³-hybridized carbons (Fsp3) is 0.182. The van der Waals surface area contributed by atoms with Crippen LogP contribution in [0, 0.1) is 22.3 Å². The second kappa shape index (κ2) is 59.7. The first-order chi connectivity index (χ1) is 13.3. The molecule has 37 heavy (non-hydrogen) atoms. The monoisotopic (exact) mass is 997 g/mol. The van der Waals surface area contributed by atoms with Gasteiger partial charge in [0.25, 0.3) is 0 Å². The number of rotatable bonds is 4. The van der Waals surface area contributed by atoms with E-state index in [1.54, 1.807) is 46.4 Å². The zero-order valence-electron chi connectivity index (χ0n) is 20.3. The number of hydrogen-bond acceptors (Lipinski definition) is 11. The van der Waals surface area contributed by atoms with Crippen molar-refractivity contribution in [3.05, 3.63) is 95.5 Å². The zero-order valence-corrected chi connectivity index (χ0v) is 37.8. The molecule has 0 saturated carbocycles. The summed E-state index contributed by atoms with van der Waals surface area (Å²) in [4.78, 5) is 12.4. The molecule has 0 bridgehead atoms. The predicted molar refractivity (Wildman–Crippen MR) is 192 cm³/mol. The van der Waals surface area contributed by atoms with Crippen molar-refractivity contribution in [1.29, 1.82) is 0 Å². The van der Waals surface area contributed by atoms with E-state index >= 15 is 0 Å². The average Bonchev–Trinajstić information content (AvgIpc) is 2.77. The summed E-state index contributed by atoms with van der Waals surface area (Å²) in [5.74, 6) is 0. The largest absolute Gasteiger partial charge is 0.813 e. The van der Waals surface area contributed by atoms with E-state index in [2.05, 4.69) is 50.9 Å². The van der Waals surface area contributed by atoms with Crippen LogP contribution >= 0.6 is 79.8 Å². The molecule has 0 saturated heterocycles. The average molecular weight is 998 g/mol. The molecule has 3 aromatic rings. The maximum atomic E-state index is 4.67. The third-order valence-corrected chi connectivity index (χ3v) is 5.32. The molecule has 3 radical (unpaired) electrons. The summed E-state index contributed by atoms with van der Waals surface area (Å²) in [6.45, 7) is 0. The number of pyridine rings is 3. The molecule has 15 heteroatoms. The number of thiol groups is 2. The van der Waals surface area contributed by atoms with Gasteiger partial charge in [-0.15, -0.1) is 24.0 Å². The van der Waals surface area contributed by atoms with Crippen LogP contribution in [-0.4, -0.2) is 27.5 Å². The minimum Gasteiger partial charge on any atom is -0.813 e. The van der Waals surface area contributed by atoms with Gasteiger partial charge in [-0.25, -0.2) is 9.97 Å². The molecule has 213 valence electrons. The Morgan fingerprint density at radius 3 is 1.05 bits per heavy atom. The minimum absolute atomic E-state index is 0. The van der Waals surface area contributed by atoms with Crippen LogP contribution in [0.25, 0.3) is 0 Å². The molecule has 3 aromatic heterocycles. The zero-order chi connectivity index (χ0) is 20.2. The summed E-state index contributed by atoms with van der Waals surface area (Å²) >= 11 is 12.5. The molecule has 0 aromatic carbocycles. The fourth-order valence-corrected chi connectivity index (χ4v) is 3.56. The van der Waals surface area contributed by atoms with E-state index in [4.69, 9.17) is 0 Å². The van der Waals surface area contributed by atoms with Crippen LogP contribution in [-0.2, 0) is 135 Å². The van der Waals surface area contributed by atoms with E-state index in [9.17, 15) is 0 Å². The molecule has 3 rings (SSSR count). The standard InChI is InChI=1S/C10H8N2S2.C5H5NS2.CH4S2.CH4S.2CH4.3CH3.HI.H2S.3Y.H2/c1-3-7-11-9(5-1)13-14-10-6-2-4-8-12-10;7-8-5-3-1-2-4-6-5;1-3-2;1-2;;;;;;;;;;;/h1-8H;1-4,7H;2H,1H3;2H,1H3;2*1H4;3*1H3;1H;1H2;;;;1H/q;;;;;;3*-1;;;;;;/p-3/i;;;;;;;;;;;;;;1+1. The third kappa shape index (κ3) is 47.4. The van der Waals surface area contributed by atoms with Gasteiger partial charge >= 0.3 is 0 Å². The molecule has 0 aliphatic rings. The molecule has 0 atom stereocenters. The van der Waals surface area contributed by atoms with Crippen molar-refractivity contribution >= 4 is 117 Å². The first-order valence-electron chi connectivity index (χ1n) is 7.28. The van der Waals surface area contributed by atoms with Gasteiger partial charge in [-0.1, -0.05) is 33.1 Å². The first-order valence-corrected chi connectivity index (χ1v) is 14.2. The van der Waals surface area contributed by atoms with Crippen molar-refractivity contribution in [1.82, 2.24) is 15.0 Å². The Labute approximate surface area is 362 Å². The molecule has 3 nitrogen and oxygen atoms in total. The number of aromatic nitrogens is 3. The summed E-state index contributed by atoms with van der Waals surface area (Å²) in [5, 5.41) is 2.90. The van der Waals surface area contributed by atoms with E-state index in [-0.39, 0.29) is 174 Å². The Balaban J connectivity index is -0.0000000254. The quantitative estimate of drug-likeness (QED) is 0.0900. The molecule has 0 aliphatic heterocycles. The predicted octanol–water partition coefficient (Wildman–Crippen LogP) is 9.48. The molecular formula is C22H40IN3S8Y3-6. The summed E-state index contributed by atoms with van der Waals surface area (Å²) in [5.41, 5.74) is 0. The molecule has 0 fully saturated rings. The van der Waals surface area contributed by atoms with Crippen LogP contribution < -0.4 is 0 Å². The molecule has 0 aliphatic carbocycles. The van der Waals surface area contributed by atoms with Crippen molar-refractivity contribution in [3.63, 3.8) is 0 Å². The smallest absolute Gasteiger partial charge is 0.107 e. The third-order valence-electron chi connectivity index (χ3n) is 2.21. The van der Waals surface area contributed by atoms with E-state index in [0.717, 1.165) is 15.1 Å². The van der Waals surface area contributed by atoms with E-state index < -0.39 is 0 Å². The minimum atomic E-state index is 0. The molecule has 0 spiro atoms. The molecule has 0 unspecified atom stereocenters. The maximum Gasteiger partial charge on any atom is 0.107 e. The van der Waals surface area contributed by atoms with Gasteiger partial charge < -0.3 is 69.9 Å². The van der Waals surface area contributed by atoms with Gasteiger partial charge in [0.15, 0.2) is 0 Å². The van der Waals surface area contributed by atoms with Crippen molar-refractivity contribution in [2.24, 2.45) is 0 Å². The van der Waals surface area contributed by atoms with Crippen molar-refractivity contribution in [3.8, 4) is 0 Å². The molecule has 0 N–H and O–H groups in total. The summed E-state index contributed by atoms with van der Waals surface area (Å²) < 4.78 is 0. The van der Waals surface area contributed by atoms with Gasteiger partial charge in [0.1, 0.15) is 10.1 Å². The van der Waals surface area contributed by atoms with Gasteiger partial charge in [-0.05, 0) is 70.5 Å². The van der Waals surface area contributed by atoms with Crippen LogP contribution in [0.15, 0.2) is 88.3 Å². The molecule has 0 amide bonds. The summed E-state index contributed by atoms with van der Waals surface area (Å²) in [6.07, 6.45) is 8.87. The summed E-state index contributed by atoms with van der Waals surface area (Å²) in [6, 6.07) is 17.4. The van der Waals surface area contributed by atoms with E-state index in [0.29, 0.717) is 0 Å². The van der Waals surface area contributed by atoms with E-state index in [1.165, 1.54) is 21.6 Å². The molecular weight excluding hydrogens is 956 g/mol. The van der Waals surface area contributed by atoms with Crippen LogP contribution in [0.1, 0.15) is 16.3 Å². The number of nitrogens with zero attached hydrogens (tertiary/aromatic N) is 3. The number of hydrogen-bond donors (Lipinski definition) is 1. The van der Waals surface area contributed by atoms with Crippen molar-refractivity contribution in [2.45, 2.75) is 29.9 Å². The first kappa shape index (κ1) is 73.1. The Hall–Kier alpha value is 4.29. The topological polar surface area (TPSA) is 38.7 Å². The van der Waals surface area contributed by atoms with Crippen LogP contribution in [0.2, 0.25) is 0 Å². The van der Waals surface area contributed by atoms with Crippen LogP contribution in [0.3, 0.4) is 0 Å². The normalized spacial score (nSPS) is 6.41. The maximum absolute atomic E-state index is 4.67. The van der Waals surface area contributed by atoms with Gasteiger partial charge in [0, 0.05) is 118 Å². The second-order valence-electron chi connectivity index (χ2n) is 3.92. The van der Waals surface area contributed by atoms with Crippen molar-refractivity contribution in [2.75, 3.05) is 12.5 Å². The fourth-order valence-electron chi connectivity index (χ4n) is 1.27. The summed E-state index contributed by atoms with van der Waals surface area (Å²) in [7, 11) is 5.81. The Kier molecular flexibility index (Phi) is 118. The van der Waals surface area contributed by atoms with Crippen molar-refractivity contribution < 1.29 is 99.6 Å². The van der Waals surface area contributed by atoms with Gasteiger partial charge in [0.2, 0.25) is 0 Å². The van der Waals surface area contributed by atoms with Gasteiger partial charge in [-0.3, -0.25) is 15.8 Å². The van der Waals surface area contributed by atoms with Gasteiger partial charge in [-0.2, -0.15) is 12.6 Å². The Bertz CT molecular complexity index is 655. The Morgan fingerprint density at radius 1 is 0.649 bits per heavy atom. The SMILES string of the molecule is C.C.CS.CS[S-].I.[2HH].[CH3-].[CH3-].[CH3-].[S-]Sc1ccccn1.[SH-].[Y].[Y].[Y].c1ccc(SSc2ccccn2)nc1. The van der Waals surface area contributed by atoms with Crippen LogP contribution in [0.5, 0.6) is 0 Å².